The summed E-state index contributed by atoms with van der Waals surface area (Å²) >= 11 is 0. The Morgan fingerprint density at radius 2 is 1.73 bits per heavy atom. The summed E-state index contributed by atoms with van der Waals surface area (Å²) < 4.78 is 27.4. The Labute approximate surface area is 153 Å². The minimum Gasteiger partial charge on any atom is -0.369 e. The number of aliphatic imine (C=N–C) groups is 2. The van der Waals surface area contributed by atoms with Gasteiger partial charge in [0, 0.05) is 11.7 Å². The van der Waals surface area contributed by atoms with E-state index in [2.05, 4.69) is 14.7 Å². The Hall–Kier alpha value is -2.13. The zero-order valence-corrected chi connectivity index (χ0v) is 15.4. The van der Waals surface area contributed by atoms with Crippen molar-refractivity contribution in [3.8, 4) is 0 Å². The summed E-state index contributed by atoms with van der Waals surface area (Å²) in [6.07, 6.45) is 6.73. The van der Waals surface area contributed by atoms with Crippen molar-refractivity contribution in [1.29, 1.82) is 0 Å². The van der Waals surface area contributed by atoms with E-state index in [0.717, 1.165) is 50.6 Å². The van der Waals surface area contributed by atoms with Gasteiger partial charge in [-0.1, -0.05) is 6.42 Å². The lowest BCUT2D eigenvalue weighted by atomic mass is 9.87. The number of sulfonamides is 1. The number of hydrogen-bond donors (Lipinski definition) is 3. The Morgan fingerprint density at radius 1 is 1.08 bits per heavy atom. The first-order valence-electron chi connectivity index (χ1n) is 9.02. The lowest BCUT2D eigenvalue weighted by Crippen LogP contribution is -2.58. The van der Waals surface area contributed by atoms with Crippen LogP contribution in [0.4, 0.5) is 5.69 Å². The molecule has 8 nitrogen and oxygen atoms in total. The van der Waals surface area contributed by atoms with E-state index < -0.39 is 15.7 Å². The molecule has 3 aliphatic rings. The van der Waals surface area contributed by atoms with Gasteiger partial charge in [0.1, 0.15) is 5.66 Å². The van der Waals surface area contributed by atoms with E-state index in [1.165, 1.54) is 0 Å². The second kappa shape index (κ2) is 6.24. The van der Waals surface area contributed by atoms with Crippen LogP contribution in [-0.2, 0) is 10.0 Å². The Bertz CT molecular complexity index is 852. The van der Waals surface area contributed by atoms with Crippen molar-refractivity contribution in [3.05, 3.63) is 24.3 Å². The van der Waals surface area contributed by atoms with Crippen LogP contribution in [0.1, 0.15) is 44.9 Å². The van der Waals surface area contributed by atoms with E-state index in [1.807, 2.05) is 4.90 Å². The summed E-state index contributed by atoms with van der Waals surface area (Å²) in [5, 5.41) is 0. The molecule has 1 aromatic rings. The smallest absolute Gasteiger partial charge is 0.240 e. The number of nitrogens with zero attached hydrogens (tertiary/aromatic N) is 3. The fourth-order valence-corrected chi connectivity index (χ4v) is 5.06. The van der Waals surface area contributed by atoms with Crippen LogP contribution in [0.25, 0.3) is 0 Å². The summed E-state index contributed by atoms with van der Waals surface area (Å²) in [5.41, 5.74) is 12.3. The van der Waals surface area contributed by atoms with Crippen LogP contribution in [-0.4, -0.2) is 32.0 Å². The van der Waals surface area contributed by atoms with Gasteiger partial charge in [0.2, 0.25) is 21.9 Å². The second-order valence-corrected chi connectivity index (χ2v) is 8.92. The van der Waals surface area contributed by atoms with Crippen LogP contribution in [0.3, 0.4) is 0 Å². The van der Waals surface area contributed by atoms with Crippen molar-refractivity contribution >= 4 is 27.6 Å². The number of nitrogens with one attached hydrogen (secondary N) is 1. The first-order valence-corrected chi connectivity index (χ1v) is 10.5. The van der Waals surface area contributed by atoms with Gasteiger partial charge in [-0.25, -0.2) is 18.1 Å². The predicted molar refractivity (Wildman–Crippen MR) is 101 cm³/mol. The van der Waals surface area contributed by atoms with Crippen molar-refractivity contribution in [2.75, 3.05) is 4.90 Å². The summed E-state index contributed by atoms with van der Waals surface area (Å²) in [6.45, 7) is 0. The van der Waals surface area contributed by atoms with Crippen molar-refractivity contribution < 1.29 is 8.42 Å². The molecule has 1 spiro atoms. The van der Waals surface area contributed by atoms with Crippen molar-refractivity contribution in [2.24, 2.45) is 21.5 Å². The molecule has 26 heavy (non-hydrogen) atoms. The molecule has 0 saturated heterocycles. The van der Waals surface area contributed by atoms with Crippen LogP contribution >= 0.6 is 0 Å². The Kier molecular flexibility index (Phi) is 4.15. The van der Waals surface area contributed by atoms with Crippen molar-refractivity contribution in [2.45, 2.75) is 61.5 Å². The largest absolute Gasteiger partial charge is 0.369 e. The molecule has 2 saturated carbocycles. The van der Waals surface area contributed by atoms with Gasteiger partial charge in [0.05, 0.1) is 4.90 Å². The number of nitrogens with two attached hydrogens (primary N) is 2. The molecule has 1 aromatic carbocycles. The third kappa shape index (κ3) is 3.16. The maximum absolute atomic E-state index is 12.4. The van der Waals surface area contributed by atoms with E-state index in [1.54, 1.807) is 24.3 Å². The molecular weight excluding hydrogens is 352 g/mol. The molecule has 1 aliphatic heterocycles. The van der Waals surface area contributed by atoms with Gasteiger partial charge in [-0.3, -0.25) is 4.90 Å². The molecule has 0 unspecified atom stereocenters. The first-order chi connectivity index (χ1) is 12.4. The monoisotopic (exact) mass is 376 g/mol. The van der Waals surface area contributed by atoms with Crippen LogP contribution in [0.5, 0.6) is 0 Å². The topological polar surface area (TPSA) is 126 Å². The molecule has 0 radical (unpaired) electrons. The normalized spacial score (nSPS) is 22.8. The fourth-order valence-electron chi connectivity index (χ4n) is 3.76. The Morgan fingerprint density at radius 3 is 2.35 bits per heavy atom. The molecule has 0 atom stereocenters. The molecule has 1 heterocycles. The maximum atomic E-state index is 12.4. The van der Waals surface area contributed by atoms with E-state index in [9.17, 15) is 8.42 Å². The van der Waals surface area contributed by atoms with Gasteiger partial charge in [0.15, 0.2) is 0 Å². The highest BCUT2D eigenvalue weighted by atomic mass is 32.2. The molecule has 9 heteroatoms. The molecule has 2 aliphatic carbocycles. The highest BCUT2D eigenvalue weighted by Gasteiger charge is 2.42. The Balaban J connectivity index is 1.66. The molecule has 2 fully saturated rings. The molecule has 4 rings (SSSR count). The second-order valence-electron chi connectivity index (χ2n) is 7.21. The van der Waals surface area contributed by atoms with Crippen LogP contribution in [0.15, 0.2) is 39.1 Å². The third-order valence-corrected chi connectivity index (χ3v) is 6.69. The average Bonchev–Trinajstić information content (AvgIpc) is 3.38. The van der Waals surface area contributed by atoms with Gasteiger partial charge in [-0.2, -0.15) is 4.99 Å². The molecule has 0 aromatic heterocycles. The average molecular weight is 376 g/mol. The summed E-state index contributed by atoms with van der Waals surface area (Å²) in [5.74, 6) is 0.500. The standard InChI is InChI=1S/C17H24N6O2S/c18-15-20-16(19)23(17(21-15)10-2-1-3-11-17)13-6-8-14(9-7-13)26(24,25)22-12-4-5-12/h6-9,12,22H,1-5,10-11H2,(H4,18,19,20,21). The highest BCUT2D eigenvalue weighted by Crippen LogP contribution is 2.39. The van der Waals surface area contributed by atoms with Gasteiger partial charge >= 0.3 is 0 Å². The summed E-state index contributed by atoms with van der Waals surface area (Å²) in [7, 11) is -3.48. The van der Waals surface area contributed by atoms with E-state index in [-0.39, 0.29) is 16.9 Å². The summed E-state index contributed by atoms with van der Waals surface area (Å²) in [6, 6.07) is 6.80. The molecule has 140 valence electrons. The molecule has 0 bridgehead atoms. The number of guanidine groups is 2. The quantitative estimate of drug-likeness (QED) is 0.729. The third-order valence-electron chi connectivity index (χ3n) is 5.16. The van der Waals surface area contributed by atoms with Crippen molar-refractivity contribution in [3.63, 3.8) is 0 Å². The van der Waals surface area contributed by atoms with Gasteiger partial charge in [0.25, 0.3) is 0 Å². The number of benzene rings is 1. The van der Waals surface area contributed by atoms with Gasteiger partial charge < -0.3 is 11.5 Å². The lowest BCUT2D eigenvalue weighted by Gasteiger charge is -2.45. The van der Waals surface area contributed by atoms with Gasteiger partial charge in [-0.05, 0) is 62.8 Å². The van der Waals surface area contributed by atoms with Crippen LogP contribution < -0.4 is 21.1 Å². The zero-order valence-electron chi connectivity index (χ0n) is 14.6. The van der Waals surface area contributed by atoms with E-state index >= 15 is 0 Å². The number of rotatable bonds is 4. The van der Waals surface area contributed by atoms with Crippen LogP contribution in [0.2, 0.25) is 0 Å². The SMILES string of the molecule is NC1=NC2(CCCCC2)N(c2ccc(S(=O)(=O)NC3CC3)cc2)C(N)=N1. The minimum absolute atomic E-state index is 0.0763. The fraction of sp³-hybridized carbons (Fsp3) is 0.529. The maximum Gasteiger partial charge on any atom is 0.240 e. The van der Waals surface area contributed by atoms with E-state index in [0.29, 0.717) is 5.96 Å². The number of anilines is 1. The van der Waals surface area contributed by atoms with Crippen LogP contribution in [0, 0.1) is 0 Å². The van der Waals surface area contributed by atoms with Gasteiger partial charge in [-0.15, -0.1) is 0 Å². The predicted octanol–water partition coefficient (Wildman–Crippen LogP) is 1.24. The summed E-state index contributed by atoms with van der Waals surface area (Å²) in [4.78, 5) is 10.9. The number of hydrogen-bond acceptors (Lipinski definition) is 7. The zero-order chi connectivity index (χ0) is 18.4. The minimum atomic E-state index is -3.48. The molecule has 5 N–H and O–H groups in total. The molecular formula is C17H24N6O2S. The van der Waals surface area contributed by atoms with Crippen molar-refractivity contribution in [1.82, 2.24) is 4.72 Å². The first kappa shape index (κ1) is 17.3. The molecule has 0 amide bonds. The lowest BCUT2D eigenvalue weighted by molar-refractivity contribution is 0.305. The van der Waals surface area contributed by atoms with E-state index in [4.69, 9.17) is 11.5 Å². The highest BCUT2D eigenvalue weighted by molar-refractivity contribution is 7.89.